The maximum atomic E-state index is 6.01. The summed E-state index contributed by atoms with van der Waals surface area (Å²) in [6, 6.07) is 13.0. The topological polar surface area (TPSA) is 127 Å². The van der Waals surface area contributed by atoms with Crippen LogP contribution in [0.15, 0.2) is 59.9 Å². The summed E-state index contributed by atoms with van der Waals surface area (Å²) in [4.78, 5) is 17.0. The third-order valence-electron chi connectivity index (χ3n) is 3.50. The highest BCUT2D eigenvalue weighted by Crippen LogP contribution is 2.22. The Morgan fingerprint density at radius 1 is 1.07 bits per heavy atom. The number of pyridine rings is 1. The fourth-order valence-corrected chi connectivity index (χ4v) is 2.52. The highest BCUT2D eigenvalue weighted by atomic mass is 35.5. The van der Waals surface area contributed by atoms with E-state index in [1.54, 1.807) is 12.4 Å². The van der Waals surface area contributed by atoms with Crippen molar-refractivity contribution < 1.29 is 0 Å². The van der Waals surface area contributed by atoms with Crippen molar-refractivity contribution in [1.29, 1.82) is 0 Å². The van der Waals surface area contributed by atoms with Crippen LogP contribution in [0.1, 0.15) is 0 Å². The molecule has 0 fully saturated rings. The van der Waals surface area contributed by atoms with Crippen LogP contribution in [0.25, 0.3) is 11.3 Å². The zero-order valence-electron chi connectivity index (χ0n) is 14.4. The maximum absolute atomic E-state index is 6.01. The second-order valence-corrected chi connectivity index (χ2v) is 6.00. The first-order valence-corrected chi connectivity index (χ1v) is 8.59. The van der Waals surface area contributed by atoms with E-state index < -0.39 is 0 Å². The number of halogens is 1. The van der Waals surface area contributed by atoms with Gasteiger partial charge in [0.2, 0.25) is 5.95 Å². The van der Waals surface area contributed by atoms with Crippen LogP contribution in [-0.2, 0) is 0 Å². The maximum Gasteiger partial charge on any atom is 0.227 e. The molecule has 3 rings (SSSR count). The van der Waals surface area contributed by atoms with Crippen molar-refractivity contribution in [1.82, 2.24) is 15.0 Å². The fraction of sp³-hybridized carbons (Fsp3) is 0.111. The summed E-state index contributed by atoms with van der Waals surface area (Å²) in [5.41, 5.74) is 13.1. The molecular weight excluding hydrogens is 364 g/mol. The number of anilines is 3. The SMILES string of the molecule is NC(N)=NCCNc1cc(-c2ccnc(Nc3cccc(Cl)c3)n2)ccn1. The third-order valence-corrected chi connectivity index (χ3v) is 3.74. The molecule has 0 aliphatic rings. The summed E-state index contributed by atoms with van der Waals surface area (Å²) in [6.07, 6.45) is 3.41. The van der Waals surface area contributed by atoms with Gasteiger partial charge in [0.15, 0.2) is 5.96 Å². The molecule has 27 heavy (non-hydrogen) atoms. The van der Waals surface area contributed by atoms with E-state index in [4.69, 9.17) is 23.1 Å². The van der Waals surface area contributed by atoms with E-state index in [2.05, 4.69) is 30.6 Å². The molecule has 2 heterocycles. The van der Waals surface area contributed by atoms with Crippen molar-refractivity contribution in [2.75, 3.05) is 23.7 Å². The van der Waals surface area contributed by atoms with Gasteiger partial charge in [-0.3, -0.25) is 4.99 Å². The van der Waals surface area contributed by atoms with Crippen molar-refractivity contribution >= 4 is 35.0 Å². The number of benzene rings is 1. The van der Waals surface area contributed by atoms with Gasteiger partial charge < -0.3 is 22.1 Å². The number of hydrogen-bond acceptors (Lipinski definition) is 6. The number of rotatable bonds is 7. The number of nitrogens with two attached hydrogens (primary N) is 2. The molecule has 0 atom stereocenters. The Morgan fingerprint density at radius 3 is 2.74 bits per heavy atom. The van der Waals surface area contributed by atoms with Crippen LogP contribution < -0.4 is 22.1 Å². The number of aromatic nitrogens is 3. The Bertz CT molecular complexity index is 940. The van der Waals surface area contributed by atoms with E-state index in [0.717, 1.165) is 16.9 Å². The summed E-state index contributed by atoms with van der Waals surface area (Å²) in [5.74, 6) is 1.26. The van der Waals surface area contributed by atoms with E-state index in [1.165, 1.54) is 0 Å². The minimum absolute atomic E-state index is 0.0687. The Hall–Kier alpha value is -3.39. The molecule has 0 bridgehead atoms. The first-order valence-electron chi connectivity index (χ1n) is 8.21. The molecule has 0 saturated carbocycles. The van der Waals surface area contributed by atoms with Gasteiger partial charge in [0.05, 0.1) is 12.2 Å². The van der Waals surface area contributed by atoms with E-state index in [1.807, 2.05) is 42.5 Å². The van der Waals surface area contributed by atoms with Crippen molar-refractivity contribution in [2.45, 2.75) is 0 Å². The number of nitrogens with zero attached hydrogens (tertiary/aromatic N) is 4. The Morgan fingerprint density at radius 2 is 1.93 bits per heavy atom. The normalized spacial score (nSPS) is 10.3. The number of hydrogen-bond donors (Lipinski definition) is 4. The van der Waals surface area contributed by atoms with Crippen molar-refractivity contribution in [3.63, 3.8) is 0 Å². The molecular formula is C18H19ClN8. The minimum atomic E-state index is 0.0687. The van der Waals surface area contributed by atoms with Crippen LogP contribution in [0, 0.1) is 0 Å². The lowest BCUT2D eigenvalue weighted by Crippen LogP contribution is -2.24. The molecule has 9 heteroatoms. The summed E-state index contributed by atoms with van der Waals surface area (Å²) < 4.78 is 0. The van der Waals surface area contributed by atoms with Crippen LogP contribution in [0.4, 0.5) is 17.5 Å². The zero-order chi connectivity index (χ0) is 19.1. The zero-order valence-corrected chi connectivity index (χ0v) is 15.2. The molecule has 8 nitrogen and oxygen atoms in total. The predicted molar refractivity (Wildman–Crippen MR) is 109 cm³/mol. The molecule has 3 aromatic rings. The monoisotopic (exact) mass is 382 g/mol. The summed E-state index contributed by atoms with van der Waals surface area (Å²) in [5, 5.41) is 6.95. The fourth-order valence-electron chi connectivity index (χ4n) is 2.33. The van der Waals surface area contributed by atoms with E-state index in [-0.39, 0.29) is 5.96 Å². The predicted octanol–water partition coefficient (Wildman–Crippen LogP) is 2.62. The molecule has 1 aromatic carbocycles. The molecule has 2 aromatic heterocycles. The molecule has 6 N–H and O–H groups in total. The van der Waals surface area contributed by atoms with E-state index in [9.17, 15) is 0 Å². The van der Waals surface area contributed by atoms with Crippen LogP contribution in [0.5, 0.6) is 0 Å². The molecule has 0 saturated heterocycles. The smallest absolute Gasteiger partial charge is 0.227 e. The van der Waals surface area contributed by atoms with Crippen LogP contribution in [0.3, 0.4) is 0 Å². The lowest BCUT2D eigenvalue weighted by molar-refractivity contribution is 1.00. The van der Waals surface area contributed by atoms with E-state index >= 15 is 0 Å². The molecule has 138 valence electrons. The minimum Gasteiger partial charge on any atom is -0.370 e. The van der Waals surface area contributed by atoms with Gasteiger partial charge in [-0.15, -0.1) is 0 Å². The van der Waals surface area contributed by atoms with Gasteiger partial charge in [-0.2, -0.15) is 0 Å². The number of guanidine groups is 1. The van der Waals surface area contributed by atoms with Crippen LogP contribution >= 0.6 is 11.6 Å². The Balaban J connectivity index is 1.72. The summed E-state index contributed by atoms with van der Waals surface area (Å²) in [6.45, 7) is 1.04. The quantitative estimate of drug-likeness (QED) is 0.281. The Labute approximate surface area is 161 Å². The van der Waals surface area contributed by atoms with E-state index in [0.29, 0.717) is 29.9 Å². The second kappa shape index (κ2) is 8.81. The third kappa shape index (κ3) is 5.55. The van der Waals surface area contributed by atoms with Crippen LogP contribution in [0.2, 0.25) is 5.02 Å². The van der Waals surface area contributed by atoms with Gasteiger partial charge in [0.25, 0.3) is 0 Å². The Kier molecular flexibility index (Phi) is 6.01. The van der Waals surface area contributed by atoms with Gasteiger partial charge in [-0.25, -0.2) is 15.0 Å². The largest absolute Gasteiger partial charge is 0.370 e. The van der Waals surface area contributed by atoms with Crippen LogP contribution in [-0.4, -0.2) is 34.0 Å². The van der Waals surface area contributed by atoms with Gasteiger partial charge >= 0.3 is 0 Å². The number of nitrogens with one attached hydrogen (secondary N) is 2. The molecule has 0 spiro atoms. The van der Waals surface area contributed by atoms with Crippen molar-refractivity contribution in [3.05, 3.63) is 59.9 Å². The average Bonchev–Trinajstić information content (AvgIpc) is 2.66. The van der Waals surface area contributed by atoms with Crippen molar-refractivity contribution in [2.24, 2.45) is 16.5 Å². The molecule has 0 aliphatic carbocycles. The lowest BCUT2D eigenvalue weighted by atomic mass is 10.2. The first kappa shape index (κ1) is 18.4. The number of aliphatic imine (C=N–C) groups is 1. The highest BCUT2D eigenvalue weighted by molar-refractivity contribution is 6.30. The summed E-state index contributed by atoms with van der Waals surface area (Å²) in [7, 11) is 0. The summed E-state index contributed by atoms with van der Waals surface area (Å²) >= 11 is 6.01. The van der Waals surface area contributed by atoms with Gasteiger partial charge in [0, 0.05) is 35.2 Å². The van der Waals surface area contributed by atoms with Gasteiger partial charge in [-0.1, -0.05) is 17.7 Å². The lowest BCUT2D eigenvalue weighted by Gasteiger charge is -2.08. The van der Waals surface area contributed by atoms with Gasteiger partial charge in [0.1, 0.15) is 5.82 Å². The second-order valence-electron chi connectivity index (χ2n) is 5.56. The first-order chi connectivity index (χ1) is 13.1. The molecule has 0 aliphatic heterocycles. The molecule has 0 amide bonds. The molecule has 0 unspecified atom stereocenters. The average molecular weight is 383 g/mol. The van der Waals surface area contributed by atoms with Crippen molar-refractivity contribution in [3.8, 4) is 11.3 Å². The van der Waals surface area contributed by atoms with Gasteiger partial charge in [-0.05, 0) is 36.4 Å². The standard InChI is InChI=1S/C18H19ClN8/c19-13-2-1-3-14(11-13)26-18-25-7-5-15(27-18)12-4-6-22-16(10-12)23-8-9-24-17(20)21/h1-7,10-11H,8-9H2,(H,22,23)(H4,20,21,24)(H,25,26,27). The highest BCUT2D eigenvalue weighted by Gasteiger charge is 2.05. The molecule has 0 radical (unpaired) electrons.